The molecule has 0 atom stereocenters. The molecular formula is C14H14Cl2N2O2S. The number of nitrogens with one attached hydrogen (secondary N) is 2. The van der Waals surface area contributed by atoms with Gasteiger partial charge in [-0.25, -0.2) is 8.42 Å². The van der Waals surface area contributed by atoms with Crippen molar-refractivity contribution >= 4 is 38.9 Å². The average molecular weight is 345 g/mol. The van der Waals surface area contributed by atoms with Crippen LogP contribution < -0.4 is 10.0 Å². The number of sulfonamides is 1. The summed E-state index contributed by atoms with van der Waals surface area (Å²) in [6, 6.07) is 11.4. The zero-order valence-corrected chi connectivity index (χ0v) is 13.6. The molecule has 2 aromatic carbocycles. The van der Waals surface area contributed by atoms with Crippen molar-refractivity contribution in [2.24, 2.45) is 0 Å². The number of hydrogen-bond donors (Lipinski definition) is 2. The van der Waals surface area contributed by atoms with E-state index in [0.717, 1.165) is 0 Å². The van der Waals surface area contributed by atoms with Crippen molar-refractivity contribution in [1.29, 1.82) is 0 Å². The normalized spacial score (nSPS) is 11.4. The van der Waals surface area contributed by atoms with E-state index in [1.165, 1.54) is 12.1 Å². The van der Waals surface area contributed by atoms with Gasteiger partial charge in [0, 0.05) is 11.6 Å². The van der Waals surface area contributed by atoms with Crippen molar-refractivity contribution in [3.8, 4) is 0 Å². The van der Waals surface area contributed by atoms with Crippen molar-refractivity contribution in [3.05, 3.63) is 58.1 Å². The van der Waals surface area contributed by atoms with Crippen LogP contribution in [0, 0.1) is 0 Å². The highest BCUT2D eigenvalue weighted by atomic mass is 35.5. The van der Waals surface area contributed by atoms with E-state index in [4.69, 9.17) is 23.2 Å². The van der Waals surface area contributed by atoms with Gasteiger partial charge in [-0.3, -0.25) is 4.72 Å². The first-order valence-corrected chi connectivity index (χ1v) is 8.38. The Labute approximate surface area is 134 Å². The lowest BCUT2D eigenvalue weighted by atomic mass is 10.2. The molecule has 0 spiro atoms. The fourth-order valence-electron chi connectivity index (χ4n) is 1.87. The molecule has 0 aromatic heterocycles. The van der Waals surface area contributed by atoms with E-state index in [9.17, 15) is 8.42 Å². The second-order valence-electron chi connectivity index (χ2n) is 4.37. The molecule has 0 fully saturated rings. The molecule has 0 unspecified atom stereocenters. The zero-order chi connectivity index (χ0) is 15.5. The molecule has 0 aliphatic rings. The fraction of sp³-hybridized carbons (Fsp3) is 0.143. The van der Waals surface area contributed by atoms with Crippen LogP contribution in [0.3, 0.4) is 0 Å². The Hall–Kier alpha value is -1.27. The van der Waals surface area contributed by atoms with Gasteiger partial charge in [-0.1, -0.05) is 41.4 Å². The SMILES string of the molecule is CNCc1ccccc1S(=O)(=O)Nc1ccc(Cl)cc1Cl. The number of halogens is 2. The fourth-order valence-corrected chi connectivity index (χ4v) is 3.71. The van der Waals surface area contributed by atoms with Gasteiger partial charge in [0.15, 0.2) is 0 Å². The Morgan fingerprint density at radius 3 is 2.48 bits per heavy atom. The topological polar surface area (TPSA) is 58.2 Å². The van der Waals surface area contributed by atoms with E-state index in [-0.39, 0.29) is 9.92 Å². The van der Waals surface area contributed by atoms with Crippen LogP contribution >= 0.6 is 23.2 Å². The Bertz CT molecular complexity index is 748. The summed E-state index contributed by atoms with van der Waals surface area (Å²) >= 11 is 11.8. The molecular weight excluding hydrogens is 331 g/mol. The summed E-state index contributed by atoms with van der Waals surface area (Å²) in [4.78, 5) is 0.213. The molecule has 0 heterocycles. The lowest BCUT2D eigenvalue weighted by Gasteiger charge is -2.13. The first-order chi connectivity index (χ1) is 9.94. The van der Waals surface area contributed by atoms with Crippen molar-refractivity contribution in [2.75, 3.05) is 11.8 Å². The highest BCUT2D eigenvalue weighted by Gasteiger charge is 2.19. The quantitative estimate of drug-likeness (QED) is 0.872. The van der Waals surface area contributed by atoms with Crippen LogP contribution in [0.1, 0.15) is 5.56 Å². The summed E-state index contributed by atoms with van der Waals surface area (Å²) in [6.45, 7) is 0.450. The molecule has 0 aliphatic carbocycles. The lowest BCUT2D eigenvalue weighted by Crippen LogP contribution is -2.17. The van der Waals surface area contributed by atoms with Crippen LogP contribution in [0.25, 0.3) is 0 Å². The van der Waals surface area contributed by atoms with Crippen LogP contribution in [0.2, 0.25) is 10.0 Å². The van der Waals surface area contributed by atoms with E-state index >= 15 is 0 Å². The van der Waals surface area contributed by atoms with Gasteiger partial charge in [-0.2, -0.15) is 0 Å². The predicted octanol–water partition coefficient (Wildman–Crippen LogP) is 3.51. The maximum absolute atomic E-state index is 12.5. The second kappa shape index (κ2) is 6.66. The van der Waals surface area contributed by atoms with E-state index in [0.29, 0.717) is 22.8 Å². The summed E-state index contributed by atoms with van der Waals surface area (Å²) in [5.41, 5.74) is 0.970. The number of rotatable bonds is 5. The molecule has 0 amide bonds. The zero-order valence-electron chi connectivity index (χ0n) is 11.2. The van der Waals surface area contributed by atoms with Gasteiger partial charge >= 0.3 is 0 Å². The monoisotopic (exact) mass is 344 g/mol. The van der Waals surface area contributed by atoms with E-state index < -0.39 is 10.0 Å². The third-order valence-electron chi connectivity index (χ3n) is 2.80. The van der Waals surface area contributed by atoms with Gasteiger partial charge in [-0.15, -0.1) is 0 Å². The van der Waals surface area contributed by atoms with E-state index in [2.05, 4.69) is 10.0 Å². The summed E-state index contributed by atoms with van der Waals surface area (Å²) in [7, 11) is -1.96. The van der Waals surface area contributed by atoms with Crippen molar-refractivity contribution in [2.45, 2.75) is 11.4 Å². The van der Waals surface area contributed by atoms with Crippen LogP contribution in [0.5, 0.6) is 0 Å². The maximum Gasteiger partial charge on any atom is 0.262 e. The minimum atomic E-state index is -3.72. The molecule has 4 nitrogen and oxygen atoms in total. The van der Waals surface area contributed by atoms with Gasteiger partial charge in [0.2, 0.25) is 0 Å². The second-order valence-corrected chi connectivity index (χ2v) is 6.86. The van der Waals surface area contributed by atoms with E-state index in [1.54, 1.807) is 37.4 Å². The summed E-state index contributed by atoms with van der Waals surface area (Å²) in [6.07, 6.45) is 0. The molecule has 21 heavy (non-hydrogen) atoms. The Kier molecular flexibility index (Phi) is 5.11. The first kappa shape index (κ1) is 16.1. The van der Waals surface area contributed by atoms with Gasteiger partial charge in [-0.05, 0) is 36.9 Å². The summed E-state index contributed by atoms with van der Waals surface area (Å²) < 4.78 is 27.5. The summed E-state index contributed by atoms with van der Waals surface area (Å²) in [5.74, 6) is 0. The van der Waals surface area contributed by atoms with Crippen molar-refractivity contribution < 1.29 is 8.42 Å². The van der Waals surface area contributed by atoms with Crippen LogP contribution in [-0.4, -0.2) is 15.5 Å². The molecule has 0 saturated carbocycles. The van der Waals surface area contributed by atoms with Gasteiger partial charge in [0.05, 0.1) is 15.6 Å². The van der Waals surface area contributed by atoms with E-state index in [1.807, 2.05) is 0 Å². The third kappa shape index (κ3) is 3.89. The molecule has 2 aromatic rings. The average Bonchev–Trinajstić information content (AvgIpc) is 2.43. The van der Waals surface area contributed by atoms with Gasteiger partial charge in [0.25, 0.3) is 10.0 Å². The minimum absolute atomic E-state index is 0.213. The largest absolute Gasteiger partial charge is 0.316 e. The van der Waals surface area contributed by atoms with Crippen LogP contribution in [-0.2, 0) is 16.6 Å². The number of benzene rings is 2. The van der Waals surface area contributed by atoms with Crippen molar-refractivity contribution in [3.63, 3.8) is 0 Å². The molecule has 112 valence electrons. The third-order valence-corrected chi connectivity index (χ3v) is 4.82. The van der Waals surface area contributed by atoms with Crippen LogP contribution in [0.15, 0.2) is 47.4 Å². The predicted molar refractivity (Wildman–Crippen MR) is 86.5 cm³/mol. The maximum atomic E-state index is 12.5. The number of anilines is 1. The standard InChI is InChI=1S/C14H14Cl2N2O2S/c1-17-9-10-4-2-3-5-14(10)21(19,20)18-13-7-6-11(15)8-12(13)16/h2-8,17-18H,9H2,1H3. The minimum Gasteiger partial charge on any atom is -0.316 e. The molecule has 0 bridgehead atoms. The van der Waals surface area contributed by atoms with Crippen LogP contribution in [0.4, 0.5) is 5.69 Å². The molecule has 0 aliphatic heterocycles. The van der Waals surface area contributed by atoms with Crippen molar-refractivity contribution in [1.82, 2.24) is 5.32 Å². The van der Waals surface area contributed by atoms with Gasteiger partial charge in [0.1, 0.15) is 0 Å². The molecule has 2 N–H and O–H groups in total. The molecule has 0 radical (unpaired) electrons. The smallest absolute Gasteiger partial charge is 0.262 e. The van der Waals surface area contributed by atoms with Gasteiger partial charge < -0.3 is 5.32 Å². The molecule has 2 rings (SSSR count). The molecule has 0 saturated heterocycles. The lowest BCUT2D eigenvalue weighted by molar-refractivity contribution is 0.599. The Balaban J connectivity index is 2.39. The first-order valence-electron chi connectivity index (χ1n) is 6.14. The summed E-state index contributed by atoms with van der Waals surface area (Å²) in [5, 5.41) is 3.63. The Morgan fingerprint density at radius 2 is 1.81 bits per heavy atom. The molecule has 7 heteroatoms. The Morgan fingerprint density at radius 1 is 1.10 bits per heavy atom. The highest BCUT2D eigenvalue weighted by Crippen LogP contribution is 2.28. The number of hydrogen-bond acceptors (Lipinski definition) is 3. The highest BCUT2D eigenvalue weighted by molar-refractivity contribution is 7.92.